The summed E-state index contributed by atoms with van der Waals surface area (Å²) >= 11 is 0. The van der Waals surface area contributed by atoms with Crippen LogP contribution in [0.1, 0.15) is 25.7 Å². The van der Waals surface area contributed by atoms with E-state index in [1.54, 1.807) is 0 Å². The minimum absolute atomic E-state index is 0.747. The van der Waals surface area contributed by atoms with Crippen LogP contribution in [0, 0.1) is 0 Å². The zero-order valence-electron chi connectivity index (χ0n) is 14.2. The Morgan fingerprint density at radius 1 is 0.920 bits per heavy atom. The van der Waals surface area contributed by atoms with Gasteiger partial charge in [-0.25, -0.2) is 4.98 Å². The highest BCUT2D eigenvalue weighted by molar-refractivity contribution is 6.05. The largest absolute Gasteiger partial charge is 0.493 e. The van der Waals surface area contributed by atoms with Gasteiger partial charge in [0.25, 0.3) is 0 Å². The number of benzene rings is 2. The maximum absolute atomic E-state index is 5.90. The van der Waals surface area contributed by atoms with E-state index in [2.05, 4.69) is 21.7 Å². The van der Waals surface area contributed by atoms with Gasteiger partial charge in [-0.1, -0.05) is 31.0 Å². The summed E-state index contributed by atoms with van der Waals surface area (Å²) in [4.78, 5) is 4.05. The topological polar surface area (TPSA) is 40.2 Å². The molecule has 0 fully saturated rings. The van der Waals surface area contributed by atoms with Crippen molar-refractivity contribution < 1.29 is 9.15 Å². The first kappa shape index (κ1) is 15.8. The molecule has 0 aliphatic rings. The Morgan fingerprint density at radius 2 is 1.80 bits per heavy atom. The summed E-state index contributed by atoms with van der Waals surface area (Å²) in [6, 6.07) is 14.2. The lowest BCUT2D eigenvalue weighted by atomic mass is 10.1. The Morgan fingerprint density at radius 3 is 2.72 bits per heavy atom. The van der Waals surface area contributed by atoms with Gasteiger partial charge in [0.05, 0.1) is 12.9 Å². The summed E-state index contributed by atoms with van der Waals surface area (Å²) in [5.74, 6) is 0.880. The molecule has 0 aliphatic heterocycles. The Hall–Kier alpha value is -2.75. The maximum atomic E-state index is 5.90. The standard InChI is InChI=1S/C21H22N2O2/c1(5-12-23-13-11-22-16-23)2-6-14-24-17-9-10-19-18-7-3-4-8-20(18)25-21(19)15-17/h3-4,7-11,13,15-16H,1-2,5-6,12,14H2. The molecule has 0 amide bonds. The molecule has 25 heavy (non-hydrogen) atoms. The molecule has 0 unspecified atom stereocenters. The number of aromatic nitrogens is 2. The van der Waals surface area contributed by atoms with E-state index in [4.69, 9.17) is 9.15 Å². The fourth-order valence-corrected chi connectivity index (χ4v) is 3.16. The van der Waals surface area contributed by atoms with E-state index in [-0.39, 0.29) is 0 Å². The van der Waals surface area contributed by atoms with Gasteiger partial charge in [0, 0.05) is 35.8 Å². The van der Waals surface area contributed by atoms with Crippen LogP contribution >= 0.6 is 0 Å². The fourth-order valence-electron chi connectivity index (χ4n) is 3.16. The second kappa shape index (κ2) is 7.43. The first-order chi connectivity index (χ1) is 12.4. The van der Waals surface area contributed by atoms with Gasteiger partial charge in [0.1, 0.15) is 16.9 Å². The monoisotopic (exact) mass is 334 g/mol. The molecule has 0 radical (unpaired) electrons. The third kappa shape index (κ3) is 3.68. The molecule has 0 spiro atoms. The number of aryl methyl sites for hydroxylation is 1. The number of nitrogens with zero attached hydrogens (tertiary/aromatic N) is 2. The highest BCUT2D eigenvalue weighted by Crippen LogP contribution is 2.31. The minimum Gasteiger partial charge on any atom is -0.493 e. The number of hydrogen-bond acceptors (Lipinski definition) is 3. The highest BCUT2D eigenvalue weighted by Gasteiger charge is 2.07. The van der Waals surface area contributed by atoms with Gasteiger partial charge in [-0.05, 0) is 31.0 Å². The Balaban J connectivity index is 1.24. The fraction of sp³-hybridized carbons (Fsp3) is 0.286. The van der Waals surface area contributed by atoms with Gasteiger partial charge < -0.3 is 13.7 Å². The molecule has 2 heterocycles. The summed E-state index contributed by atoms with van der Waals surface area (Å²) < 4.78 is 13.9. The number of hydrogen-bond donors (Lipinski definition) is 0. The molecular weight excluding hydrogens is 312 g/mol. The van der Waals surface area contributed by atoms with E-state index in [1.165, 1.54) is 19.3 Å². The molecule has 4 rings (SSSR count). The lowest BCUT2D eigenvalue weighted by Gasteiger charge is -2.06. The Labute approximate surface area is 147 Å². The average Bonchev–Trinajstić information content (AvgIpc) is 3.27. The van der Waals surface area contributed by atoms with E-state index in [9.17, 15) is 0 Å². The molecule has 2 aromatic carbocycles. The van der Waals surface area contributed by atoms with Gasteiger partial charge in [0.2, 0.25) is 0 Å². The smallest absolute Gasteiger partial charge is 0.139 e. The van der Waals surface area contributed by atoms with E-state index in [0.717, 1.165) is 47.3 Å². The second-order valence-corrected chi connectivity index (χ2v) is 6.32. The zero-order valence-corrected chi connectivity index (χ0v) is 14.2. The first-order valence-electron chi connectivity index (χ1n) is 8.90. The lowest BCUT2D eigenvalue weighted by molar-refractivity contribution is 0.304. The third-order valence-electron chi connectivity index (χ3n) is 4.49. The SMILES string of the molecule is c1ccc2c(c1)oc1cc(OCCCCCCn3ccnc3)ccc12. The van der Waals surface area contributed by atoms with Gasteiger partial charge in [-0.3, -0.25) is 0 Å². The quantitative estimate of drug-likeness (QED) is 0.404. The van der Waals surface area contributed by atoms with Crippen LogP contribution in [0.5, 0.6) is 5.75 Å². The molecule has 0 N–H and O–H groups in total. The van der Waals surface area contributed by atoms with Crippen molar-refractivity contribution in [2.75, 3.05) is 6.61 Å². The van der Waals surface area contributed by atoms with Gasteiger partial charge in [-0.2, -0.15) is 0 Å². The summed E-state index contributed by atoms with van der Waals surface area (Å²) in [5.41, 5.74) is 1.81. The maximum Gasteiger partial charge on any atom is 0.139 e. The number of unbranched alkanes of at least 4 members (excludes halogenated alkanes) is 3. The van der Waals surface area contributed by atoms with Crippen LogP contribution in [0.4, 0.5) is 0 Å². The number of ether oxygens (including phenoxy) is 1. The average molecular weight is 334 g/mol. The van der Waals surface area contributed by atoms with Gasteiger partial charge in [-0.15, -0.1) is 0 Å². The molecule has 0 saturated heterocycles. The number of fused-ring (bicyclic) bond motifs is 3. The summed E-state index contributed by atoms with van der Waals surface area (Å²) in [6.07, 6.45) is 10.4. The van der Waals surface area contributed by atoms with Gasteiger partial charge in [0.15, 0.2) is 0 Å². The van der Waals surface area contributed by atoms with E-state index in [0.29, 0.717) is 0 Å². The Kier molecular flexibility index (Phi) is 4.68. The van der Waals surface area contributed by atoms with Crippen LogP contribution in [0.2, 0.25) is 0 Å². The molecular formula is C21H22N2O2. The molecule has 4 heteroatoms. The van der Waals surface area contributed by atoms with E-state index >= 15 is 0 Å². The molecule has 0 aliphatic carbocycles. The minimum atomic E-state index is 0.747. The lowest BCUT2D eigenvalue weighted by Crippen LogP contribution is -1.98. The first-order valence-corrected chi connectivity index (χ1v) is 8.90. The number of imidazole rings is 1. The van der Waals surface area contributed by atoms with Crippen molar-refractivity contribution in [3.05, 3.63) is 61.2 Å². The van der Waals surface area contributed by atoms with Crippen LogP contribution in [0.25, 0.3) is 21.9 Å². The summed E-state index contributed by atoms with van der Waals surface area (Å²) in [7, 11) is 0. The van der Waals surface area contributed by atoms with Crippen molar-refractivity contribution in [3.63, 3.8) is 0 Å². The number of rotatable bonds is 8. The van der Waals surface area contributed by atoms with Crippen LogP contribution < -0.4 is 4.74 Å². The highest BCUT2D eigenvalue weighted by atomic mass is 16.5. The normalized spacial score (nSPS) is 11.4. The number of para-hydroxylation sites is 1. The molecule has 0 atom stereocenters. The van der Waals surface area contributed by atoms with E-state index < -0.39 is 0 Å². The van der Waals surface area contributed by atoms with Gasteiger partial charge >= 0.3 is 0 Å². The molecule has 2 aromatic heterocycles. The van der Waals surface area contributed by atoms with Crippen LogP contribution in [0.3, 0.4) is 0 Å². The Bertz CT molecular complexity index is 941. The summed E-state index contributed by atoms with van der Waals surface area (Å²) in [5, 5.41) is 2.30. The predicted octanol–water partition coefficient (Wildman–Crippen LogP) is 5.42. The summed E-state index contributed by atoms with van der Waals surface area (Å²) in [6.45, 7) is 1.79. The van der Waals surface area contributed by atoms with Crippen molar-refractivity contribution in [1.29, 1.82) is 0 Å². The molecule has 0 saturated carbocycles. The predicted molar refractivity (Wildman–Crippen MR) is 99.9 cm³/mol. The van der Waals surface area contributed by atoms with Crippen LogP contribution in [0.15, 0.2) is 65.6 Å². The molecule has 4 nitrogen and oxygen atoms in total. The second-order valence-electron chi connectivity index (χ2n) is 6.32. The van der Waals surface area contributed by atoms with Crippen molar-refractivity contribution in [3.8, 4) is 5.75 Å². The molecule has 4 aromatic rings. The molecule has 0 bridgehead atoms. The van der Waals surface area contributed by atoms with Crippen molar-refractivity contribution in [2.24, 2.45) is 0 Å². The van der Waals surface area contributed by atoms with Crippen molar-refractivity contribution in [1.82, 2.24) is 9.55 Å². The molecule has 128 valence electrons. The van der Waals surface area contributed by atoms with Crippen LogP contribution in [-0.4, -0.2) is 16.2 Å². The zero-order chi connectivity index (χ0) is 16.9. The third-order valence-corrected chi connectivity index (χ3v) is 4.49. The van der Waals surface area contributed by atoms with Crippen molar-refractivity contribution >= 4 is 21.9 Å². The van der Waals surface area contributed by atoms with Crippen LogP contribution in [-0.2, 0) is 6.54 Å². The van der Waals surface area contributed by atoms with Crippen molar-refractivity contribution in [2.45, 2.75) is 32.2 Å². The van der Waals surface area contributed by atoms with E-state index in [1.807, 2.05) is 49.1 Å². The number of furan rings is 1.